The van der Waals surface area contributed by atoms with Gasteiger partial charge in [-0.1, -0.05) is 30.3 Å². The number of hydrogen-bond donors (Lipinski definition) is 3. The van der Waals surface area contributed by atoms with Crippen LogP contribution >= 0.6 is 19.9 Å². The number of aryl methyl sites for hydroxylation is 3. The zero-order valence-electron chi connectivity index (χ0n) is 20.3. The molecule has 0 bridgehead atoms. The molecule has 0 aliphatic heterocycles. The van der Waals surface area contributed by atoms with E-state index in [1.807, 2.05) is 24.3 Å². The Morgan fingerprint density at radius 3 is 2.41 bits per heavy atom. The minimum atomic E-state index is 0.102. The lowest BCUT2D eigenvalue weighted by Gasteiger charge is -2.14. The van der Waals surface area contributed by atoms with Crippen LogP contribution in [-0.4, -0.2) is 42.7 Å². The van der Waals surface area contributed by atoms with Crippen LogP contribution in [0.4, 0.5) is 5.95 Å². The molecular weight excluding hydrogens is 461 g/mol. The number of ether oxygens (including phenoxy) is 1. The Morgan fingerprint density at radius 1 is 1.09 bits per heavy atom. The van der Waals surface area contributed by atoms with E-state index in [-0.39, 0.29) is 7.92 Å². The van der Waals surface area contributed by atoms with Gasteiger partial charge in [-0.3, -0.25) is 4.72 Å². The molecule has 0 atom stereocenters. The monoisotopic (exact) mass is 493 g/mol. The third kappa shape index (κ3) is 7.31. The highest BCUT2D eigenvalue weighted by molar-refractivity contribution is 8.05. The summed E-state index contributed by atoms with van der Waals surface area (Å²) in [5.74, 6) is 1.61. The van der Waals surface area contributed by atoms with Crippen molar-refractivity contribution in [3.8, 4) is 22.9 Å². The second-order valence-corrected chi connectivity index (χ2v) is 11.7. The summed E-state index contributed by atoms with van der Waals surface area (Å²) in [6.07, 6.45) is 5.32. The second-order valence-electron chi connectivity index (χ2n) is 8.16. The average Bonchev–Trinajstić information content (AvgIpc) is 2.81. The smallest absolute Gasteiger partial charge is 0.237 e. The maximum absolute atomic E-state index is 7.56. The highest BCUT2D eigenvalue weighted by Gasteiger charge is 2.13. The third-order valence-corrected chi connectivity index (χ3v) is 7.00. The Bertz CT molecular complexity index is 1130. The van der Waals surface area contributed by atoms with E-state index in [4.69, 9.17) is 15.1 Å². The molecular formula is C26H32N5OPS. The molecule has 0 radical (unpaired) electrons. The molecule has 1 aromatic heterocycles. The Balaban J connectivity index is 1.91. The first-order valence-corrected chi connectivity index (χ1v) is 14.3. The fourth-order valence-corrected chi connectivity index (χ4v) is 4.66. The van der Waals surface area contributed by atoms with Crippen LogP contribution in [0.1, 0.15) is 16.7 Å². The number of hydrogen-bond acceptors (Lipinski definition) is 7. The summed E-state index contributed by atoms with van der Waals surface area (Å²) in [6, 6.07) is 16.3. The number of rotatable bonds is 11. The Morgan fingerprint density at radius 2 is 1.79 bits per heavy atom. The number of aromatic nitrogens is 2. The molecule has 3 N–H and O–H groups in total. The van der Waals surface area contributed by atoms with E-state index < -0.39 is 0 Å². The largest absolute Gasteiger partial charge is 0.439 e. The van der Waals surface area contributed by atoms with Crippen molar-refractivity contribution in [2.75, 3.05) is 31.3 Å². The topological polar surface area (TPSA) is 82.9 Å². The Labute approximate surface area is 208 Å². The standard InChI is InChI=1S/C26H32N5OPS/c1-18-7-6-8-19(2)25(18)23-15-24(30-26(29-23)31-34-22(16-27)17-28-3)32-21-11-9-20(10-12-21)13-14-33(4)5/h6-12,15-17,27-28H,13-14H2,1-5H3,(H,29,30,31)/b22-17+,27-16?. The lowest BCUT2D eigenvalue weighted by Crippen LogP contribution is -2.02. The number of nitrogens with one attached hydrogen (secondary N) is 3. The minimum absolute atomic E-state index is 0.102. The van der Waals surface area contributed by atoms with Crippen molar-refractivity contribution in [3.05, 3.63) is 76.3 Å². The number of allylic oxidation sites excluding steroid dienone is 1. The molecule has 0 unspecified atom stereocenters. The van der Waals surface area contributed by atoms with Crippen LogP contribution in [0.5, 0.6) is 11.6 Å². The molecule has 0 saturated carbocycles. The molecule has 34 heavy (non-hydrogen) atoms. The van der Waals surface area contributed by atoms with Gasteiger partial charge in [0.1, 0.15) is 5.75 Å². The molecule has 3 rings (SSSR count). The summed E-state index contributed by atoms with van der Waals surface area (Å²) in [6.45, 7) is 8.76. The molecule has 178 valence electrons. The normalized spacial score (nSPS) is 11.4. The van der Waals surface area contributed by atoms with Crippen molar-refractivity contribution in [2.24, 2.45) is 0 Å². The molecule has 0 amide bonds. The Kier molecular flexibility index (Phi) is 9.49. The van der Waals surface area contributed by atoms with Gasteiger partial charge in [0.15, 0.2) is 0 Å². The van der Waals surface area contributed by atoms with E-state index in [0.29, 0.717) is 16.7 Å². The van der Waals surface area contributed by atoms with Gasteiger partial charge < -0.3 is 15.5 Å². The Hall–Kier alpha value is -2.89. The maximum atomic E-state index is 7.56. The predicted molar refractivity (Wildman–Crippen MR) is 148 cm³/mol. The summed E-state index contributed by atoms with van der Waals surface area (Å²) in [7, 11) is 1.90. The van der Waals surface area contributed by atoms with E-state index in [9.17, 15) is 0 Å². The van der Waals surface area contributed by atoms with Crippen molar-refractivity contribution in [2.45, 2.75) is 20.3 Å². The van der Waals surface area contributed by atoms with Gasteiger partial charge in [-0.2, -0.15) is 4.98 Å². The lowest BCUT2D eigenvalue weighted by atomic mass is 10.00. The number of nitrogens with zero attached hydrogens (tertiary/aromatic N) is 2. The van der Waals surface area contributed by atoms with Gasteiger partial charge in [-0.05, 0) is 80.5 Å². The second kappa shape index (κ2) is 12.5. The van der Waals surface area contributed by atoms with Gasteiger partial charge in [0.2, 0.25) is 11.8 Å². The first-order chi connectivity index (χ1) is 16.4. The van der Waals surface area contributed by atoms with Crippen LogP contribution in [0, 0.1) is 19.3 Å². The van der Waals surface area contributed by atoms with E-state index in [2.05, 4.69) is 66.5 Å². The summed E-state index contributed by atoms with van der Waals surface area (Å²) in [5, 5.41) is 10.5. The summed E-state index contributed by atoms with van der Waals surface area (Å²) >= 11 is 1.26. The van der Waals surface area contributed by atoms with Gasteiger partial charge in [0.05, 0.1) is 10.6 Å². The molecule has 0 spiro atoms. The summed E-state index contributed by atoms with van der Waals surface area (Å²) in [5.41, 5.74) is 5.43. The van der Waals surface area contributed by atoms with E-state index in [1.54, 1.807) is 13.2 Å². The van der Waals surface area contributed by atoms with E-state index in [0.717, 1.165) is 34.6 Å². The van der Waals surface area contributed by atoms with Crippen molar-refractivity contribution in [1.29, 1.82) is 5.41 Å². The first kappa shape index (κ1) is 25.7. The van der Waals surface area contributed by atoms with Crippen LogP contribution in [0.25, 0.3) is 11.3 Å². The fraction of sp³-hybridized carbons (Fsp3) is 0.269. The van der Waals surface area contributed by atoms with E-state index in [1.165, 1.54) is 29.9 Å². The van der Waals surface area contributed by atoms with Crippen molar-refractivity contribution in [3.63, 3.8) is 0 Å². The molecule has 0 saturated heterocycles. The van der Waals surface area contributed by atoms with Crippen LogP contribution in [0.3, 0.4) is 0 Å². The molecule has 3 aromatic rings. The van der Waals surface area contributed by atoms with Gasteiger partial charge in [0.25, 0.3) is 0 Å². The van der Waals surface area contributed by atoms with Gasteiger partial charge in [0, 0.05) is 31.1 Å². The number of anilines is 1. The highest BCUT2D eigenvalue weighted by Crippen LogP contribution is 2.32. The van der Waals surface area contributed by atoms with Crippen molar-refractivity contribution < 1.29 is 4.74 Å². The minimum Gasteiger partial charge on any atom is -0.439 e. The van der Waals surface area contributed by atoms with Crippen molar-refractivity contribution >= 4 is 32.0 Å². The summed E-state index contributed by atoms with van der Waals surface area (Å²) in [4.78, 5) is 10.0. The molecule has 0 aliphatic rings. The van der Waals surface area contributed by atoms with Crippen LogP contribution in [-0.2, 0) is 6.42 Å². The van der Waals surface area contributed by atoms with Gasteiger partial charge in [-0.25, -0.2) is 4.98 Å². The fourth-order valence-electron chi connectivity index (χ4n) is 3.41. The molecule has 0 fully saturated rings. The maximum Gasteiger partial charge on any atom is 0.237 e. The summed E-state index contributed by atoms with van der Waals surface area (Å²) < 4.78 is 9.30. The van der Waals surface area contributed by atoms with Crippen LogP contribution in [0.2, 0.25) is 0 Å². The first-order valence-electron chi connectivity index (χ1n) is 11.1. The quantitative estimate of drug-likeness (QED) is 0.158. The van der Waals surface area contributed by atoms with E-state index >= 15 is 0 Å². The van der Waals surface area contributed by atoms with Crippen LogP contribution < -0.4 is 14.8 Å². The van der Waals surface area contributed by atoms with Gasteiger partial charge >= 0.3 is 0 Å². The SMILES string of the molecule is CN/C=C(\C=N)SNc1nc(Oc2ccc(CCP(C)C)cc2)cc(-c2c(C)cccc2C)n1. The van der Waals surface area contributed by atoms with Crippen LogP contribution in [0.15, 0.2) is 59.6 Å². The zero-order valence-corrected chi connectivity index (χ0v) is 22.1. The molecule has 0 aliphatic carbocycles. The predicted octanol–water partition coefficient (Wildman–Crippen LogP) is 6.61. The lowest BCUT2D eigenvalue weighted by molar-refractivity contribution is 0.463. The molecule has 2 aromatic carbocycles. The number of benzene rings is 2. The van der Waals surface area contributed by atoms with Gasteiger partial charge in [-0.15, -0.1) is 7.92 Å². The molecule has 8 heteroatoms. The third-order valence-electron chi connectivity index (χ3n) is 5.12. The highest BCUT2D eigenvalue weighted by atomic mass is 32.2. The van der Waals surface area contributed by atoms with Crippen molar-refractivity contribution in [1.82, 2.24) is 15.3 Å². The average molecular weight is 494 g/mol. The zero-order chi connectivity index (χ0) is 24.5. The molecule has 6 nitrogen and oxygen atoms in total. The molecule has 1 heterocycles.